The molecule has 0 radical (unpaired) electrons. The molecule has 0 saturated carbocycles. The fourth-order valence-corrected chi connectivity index (χ4v) is 4.04. The van der Waals surface area contributed by atoms with Crippen LogP contribution in [0.4, 0.5) is 0 Å². The maximum absolute atomic E-state index is 5.67. The molecule has 2 heterocycles. The summed E-state index contributed by atoms with van der Waals surface area (Å²) in [6.07, 6.45) is 4.08. The fourth-order valence-electron chi connectivity index (χ4n) is 3.78. The van der Waals surface area contributed by atoms with Gasteiger partial charge in [0.25, 0.3) is 0 Å². The van der Waals surface area contributed by atoms with Crippen molar-refractivity contribution >= 4 is 45.9 Å². The third kappa shape index (κ3) is 6.21. The minimum absolute atomic E-state index is 0. The number of benzene rings is 1. The highest BCUT2D eigenvalue weighted by Crippen LogP contribution is 2.36. The van der Waals surface area contributed by atoms with Crippen molar-refractivity contribution in [3.8, 4) is 0 Å². The Morgan fingerprint density at radius 1 is 1.24 bits per heavy atom. The summed E-state index contributed by atoms with van der Waals surface area (Å²) in [5, 5.41) is 3.46. The number of aryl methyl sites for hydroxylation is 1. The Bertz CT molecular complexity index is 784. The molecule has 0 unspecified atom stereocenters. The molecular formula is C22H32BrIN4O. The smallest absolute Gasteiger partial charge is 0.194 e. The van der Waals surface area contributed by atoms with E-state index < -0.39 is 0 Å². The number of nitrogens with one attached hydrogen (secondary N) is 1. The van der Waals surface area contributed by atoms with E-state index in [0.29, 0.717) is 0 Å². The Balaban J connectivity index is 0.00000300. The van der Waals surface area contributed by atoms with Crippen LogP contribution in [0.2, 0.25) is 0 Å². The van der Waals surface area contributed by atoms with E-state index in [4.69, 9.17) is 9.73 Å². The minimum Gasteiger partial charge on any atom is -0.381 e. The van der Waals surface area contributed by atoms with Gasteiger partial charge in [0.1, 0.15) is 0 Å². The van der Waals surface area contributed by atoms with Crippen molar-refractivity contribution in [1.29, 1.82) is 0 Å². The zero-order chi connectivity index (χ0) is 20.0. The second-order valence-corrected chi connectivity index (χ2v) is 8.45. The third-order valence-corrected chi connectivity index (χ3v) is 6.11. The molecule has 2 aromatic rings. The summed E-state index contributed by atoms with van der Waals surface area (Å²) in [5.41, 5.74) is 2.65. The van der Waals surface area contributed by atoms with Gasteiger partial charge in [-0.15, -0.1) is 24.0 Å². The monoisotopic (exact) mass is 574 g/mol. The predicted molar refractivity (Wildman–Crippen MR) is 134 cm³/mol. The van der Waals surface area contributed by atoms with Gasteiger partial charge in [0, 0.05) is 55.6 Å². The highest BCUT2D eigenvalue weighted by molar-refractivity contribution is 14.0. The lowest BCUT2D eigenvalue weighted by Gasteiger charge is -2.37. The van der Waals surface area contributed by atoms with E-state index in [1.54, 1.807) is 0 Å². The first-order valence-corrected chi connectivity index (χ1v) is 10.8. The summed E-state index contributed by atoms with van der Waals surface area (Å²) in [5.74, 6) is 0.951. The van der Waals surface area contributed by atoms with Crippen molar-refractivity contribution < 1.29 is 4.74 Å². The lowest BCUT2D eigenvalue weighted by Crippen LogP contribution is -2.42. The molecule has 0 amide bonds. The molecule has 0 bridgehead atoms. The molecule has 0 atom stereocenters. The van der Waals surface area contributed by atoms with Crippen LogP contribution in [0, 0.1) is 0 Å². The van der Waals surface area contributed by atoms with Crippen LogP contribution in [-0.4, -0.2) is 48.8 Å². The predicted octanol–water partition coefficient (Wildman–Crippen LogP) is 4.55. The van der Waals surface area contributed by atoms with Gasteiger partial charge in [0.15, 0.2) is 5.96 Å². The summed E-state index contributed by atoms with van der Waals surface area (Å²) in [6.45, 7) is 6.14. The molecule has 7 heteroatoms. The number of ether oxygens (including phenoxy) is 1. The molecule has 160 valence electrons. The molecule has 1 N–H and O–H groups in total. The number of nitrogens with zero attached hydrogens (tertiary/aromatic N) is 3. The van der Waals surface area contributed by atoms with Gasteiger partial charge in [-0.3, -0.25) is 4.99 Å². The lowest BCUT2D eigenvalue weighted by molar-refractivity contribution is 0.0530. The average molecular weight is 575 g/mol. The fraction of sp³-hybridized carbons (Fsp3) is 0.500. The molecule has 1 saturated heterocycles. The molecule has 0 aliphatic carbocycles. The van der Waals surface area contributed by atoms with Gasteiger partial charge >= 0.3 is 0 Å². The maximum atomic E-state index is 5.67. The standard InChI is InChI=1S/C22H31BrN4O.HI/c1-4-24-21(27(3)16-20-6-5-13-26(20)2)25-17-22(11-14-28-15-12-22)18-7-9-19(23)10-8-18;/h5-10,13H,4,11-12,14-17H2,1-3H3,(H,24,25);1H. The Kier molecular flexibility index (Phi) is 9.49. The van der Waals surface area contributed by atoms with E-state index in [0.717, 1.165) is 56.1 Å². The second kappa shape index (κ2) is 11.4. The molecular weight excluding hydrogens is 543 g/mol. The molecule has 5 nitrogen and oxygen atoms in total. The van der Waals surface area contributed by atoms with Crippen molar-refractivity contribution in [2.45, 2.75) is 31.7 Å². The molecule has 1 aromatic carbocycles. The highest BCUT2D eigenvalue weighted by Gasteiger charge is 2.34. The van der Waals surface area contributed by atoms with Crippen molar-refractivity contribution in [2.75, 3.05) is 33.4 Å². The van der Waals surface area contributed by atoms with Crippen molar-refractivity contribution in [3.05, 3.63) is 58.3 Å². The van der Waals surface area contributed by atoms with Gasteiger partial charge in [0.2, 0.25) is 0 Å². The van der Waals surface area contributed by atoms with E-state index >= 15 is 0 Å². The zero-order valence-electron chi connectivity index (χ0n) is 17.5. The van der Waals surface area contributed by atoms with Crippen LogP contribution in [0.15, 0.2) is 52.1 Å². The minimum atomic E-state index is 0. The first-order valence-electron chi connectivity index (χ1n) is 9.97. The number of hydrogen-bond donors (Lipinski definition) is 1. The third-order valence-electron chi connectivity index (χ3n) is 5.58. The van der Waals surface area contributed by atoms with E-state index in [-0.39, 0.29) is 29.4 Å². The topological polar surface area (TPSA) is 41.8 Å². The average Bonchev–Trinajstić information content (AvgIpc) is 3.10. The molecule has 1 aromatic heterocycles. The number of hydrogen-bond acceptors (Lipinski definition) is 2. The summed E-state index contributed by atoms with van der Waals surface area (Å²) in [4.78, 5) is 7.28. The zero-order valence-corrected chi connectivity index (χ0v) is 21.4. The van der Waals surface area contributed by atoms with Gasteiger partial charge in [0.05, 0.1) is 13.1 Å². The quantitative estimate of drug-likeness (QED) is 0.313. The van der Waals surface area contributed by atoms with Gasteiger partial charge in [-0.25, -0.2) is 0 Å². The van der Waals surface area contributed by atoms with Crippen molar-refractivity contribution in [3.63, 3.8) is 0 Å². The number of rotatable bonds is 6. The van der Waals surface area contributed by atoms with E-state index in [1.807, 2.05) is 0 Å². The number of aliphatic imine (C=N–C) groups is 1. The molecule has 0 spiro atoms. The number of guanidine groups is 1. The van der Waals surface area contributed by atoms with Crippen LogP contribution in [0.5, 0.6) is 0 Å². The largest absolute Gasteiger partial charge is 0.381 e. The van der Waals surface area contributed by atoms with Gasteiger partial charge in [-0.2, -0.15) is 0 Å². The Morgan fingerprint density at radius 3 is 2.52 bits per heavy atom. The number of aromatic nitrogens is 1. The van der Waals surface area contributed by atoms with E-state index in [2.05, 4.69) is 94.3 Å². The Morgan fingerprint density at radius 2 is 1.93 bits per heavy atom. The molecule has 1 fully saturated rings. The van der Waals surface area contributed by atoms with Crippen LogP contribution in [0.25, 0.3) is 0 Å². The van der Waals surface area contributed by atoms with Crippen molar-refractivity contribution in [1.82, 2.24) is 14.8 Å². The van der Waals surface area contributed by atoms with Gasteiger partial charge in [-0.05, 0) is 49.6 Å². The van der Waals surface area contributed by atoms with Crippen LogP contribution < -0.4 is 5.32 Å². The normalized spacial score (nSPS) is 16.2. The second-order valence-electron chi connectivity index (χ2n) is 7.54. The first-order chi connectivity index (χ1) is 13.5. The van der Waals surface area contributed by atoms with Crippen LogP contribution in [0.1, 0.15) is 31.0 Å². The summed E-state index contributed by atoms with van der Waals surface area (Å²) in [7, 11) is 4.18. The molecule has 29 heavy (non-hydrogen) atoms. The van der Waals surface area contributed by atoms with Crippen LogP contribution >= 0.6 is 39.9 Å². The number of halogens is 2. The van der Waals surface area contributed by atoms with E-state index in [9.17, 15) is 0 Å². The Hall–Kier alpha value is -1.06. The molecule has 1 aliphatic heterocycles. The van der Waals surface area contributed by atoms with Crippen molar-refractivity contribution in [2.24, 2.45) is 12.0 Å². The SMILES string of the molecule is CCNC(=NCC1(c2ccc(Br)cc2)CCOCC1)N(C)Cc1cccn1C.I. The lowest BCUT2D eigenvalue weighted by atomic mass is 9.74. The van der Waals surface area contributed by atoms with Crippen LogP contribution in [0.3, 0.4) is 0 Å². The Labute approximate surface area is 200 Å². The molecule has 1 aliphatic rings. The summed E-state index contributed by atoms with van der Waals surface area (Å²) >= 11 is 3.55. The maximum Gasteiger partial charge on any atom is 0.194 e. The summed E-state index contributed by atoms with van der Waals surface area (Å²) in [6, 6.07) is 12.9. The van der Waals surface area contributed by atoms with Gasteiger partial charge < -0.3 is 19.5 Å². The van der Waals surface area contributed by atoms with Gasteiger partial charge in [-0.1, -0.05) is 28.1 Å². The summed E-state index contributed by atoms with van der Waals surface area (Å²) < 4.78 is 8.93. The highest BCUT2D eigenvalue weighted by atomic mass is 127. The molecule has 3 rings (SSSR count). The van der Waals surface area contributed by atoms with Crippen LogP contribution in [-0.2, 0) is 23.7 Å². The first kappa shape index (κ1) is 24.2. The van der Waals surface area contributed by atoms with E-state index in [1.165, 1.54) is 11.3 Å².